The lowest BCUT2D eigenvalue weighted by Crippen LogP contribution is -2.36. The van der Waals surface area contributed by atoms with Crippen LogP contribution in [0, 0.1) is 6.92 Å². The number of pyridine rings is 1. The molecule has 0 saturated carbocycles. The summed E-state index contributed by atoms with van der Waals surface area (Å²) in [6, 6.07) is 7.50. The largest absolute Gasteiger partial charge is 0.469 e. The van der Waals surface area contributed by atoms with Gasteiger partial charge in [0.2, 0.25) is 5.89 Å². The van der Waals surface area contributed by atoms with E-state index in [1.807, 2.05) is 36.7 Å². The minimum atomic E-state index is -0.386. The first kappa shape index (κ1) is 24.4. The van der Waals surface area contributed by atoms with Crippen molar-refractivity contribution in [2.24, 2.45) is 7.05 Å². The Balaban J connectivity index is 1.46. The van der Waals surface area contributed by atoms with E-state index in [4.69, 9.17) is 18.9 Å². The van der Waals surface area contributed by atoms with Crippen molar-refractivity contribution in [1.29, 1.82) is 0 Å². The molecule has 5 rings (SSSR count). The molecular formula is C26H28N6O5. The van der Waals surface area contributed by atoms with Crippen LogP contribution in [0.3, 0.4) is 0 Å². The standard InChI is InChI=1S/C26H28N6O5/c1-16-12-17(6-7-27-16)26-30-20(15-37-26)25(34)29-19-13-21-18(14-22(19)32-8-10-36-11-9-32)28-23(31(21)2)4-5-24(33)35-3/h6-7,12-15H,4-5,8-11H2,1-3H3,(H,29,34). The predicted octanol–water partition coefficient (Wildman–Crippen LogP) is 3.13. The molecule has 4 aromatic rings. The van der Waals surface area contributed by atoms with Gasteiger partial charge in [-0.1, -0.05) is 0 Å². The SMILES string of the molecule is COC(=O)CCc1nc2cc(N3CCOCC3)c(NC(=O)c3coc(-c4ccnc(C)c4)n3)cc2n1C. The normalized spacial score (nSPS) is 13.6. The van der Waals surface area contributed by atoms with Crippen molar-refractivity contribution in [2.75, 3.05) is 43.6 Å². The summed E-state index contributed by atoms with van der Waals surface area (Å²) >= 11 is 0. The van der Waals surface area contributed by atoms with Crippen LogP contribution in [-0.4, -0.2) is 64.8 Å². The smallest absolute Gasteiger partial charge is 0.305 e. The molecule has 1 aliphatic rings. The Morgan fingerprint density at radius 2 is 1.97 bits per heavy atom. The molecule has 1 saturated heterocycles. The van der Waals surface area contributed by atoms with Crippen LogP contribution >= 0.6 is 0 Å². The predicted molar refractivity (Wildman–Crippen MR) is 137 cm³/mol. The molecule has 0 aliphatic carbocycles. The van der Waals surface area contributed by atoms with Crippen LogP contribution in [0.1, 0.15) is 28.4 Å². The maximum Gasteiger partial charge on any atom is 0.305 e. The lowest BCUT2D eigenvalue weighted by Gasteiger charge is -2.30. The molecule has 1 aliphatic heterocycles. The van der Waals surface area contributed by atoms with Gasteiger partial charge in [0.25, 0.3) is 5.91 Å². The Morgan fingerprint density at radius 1 is 1.16 bits per heavy atom. The lowest BCUT2D eigenvalue weighted by molar-refractivity contribution is -0.140. The Labute approximate surface area is 213 Å². The molecule has 0 spiro atoms. The van der Waals surface area contributed by atoms with E-state index in [0.717, 1.165) is 33.8 Å². The van der Waals surface area contributed by atoms with Crippen molar-refractivity contribution in [2.45, 2.75) is 19.8 Å². The van der Waals surface area contributed by atoms with Gasteiger partial charge in [-0.25, -0.2) is 9.97 Å². The summed E-state index contributed by atoms with van der Waals surface area (Å²) in [4.78, 5) is 40.4. The molecule has 0 atom stereocenters. The van der Waals surface area contributed by atoms with Crippen molar-refractivity contribution in [3.63, 3.8) is 0 Å². The van der Waals surface area contributed by atoms with Gasteiger partial charge >= 0.3 is 5.97 Å². The molecule has 3 aromatic heterocycles. The topological polar surface area (TPSA) is 125 Å². The number of aromatic nitrogens is 4. The number of aryl methyl sites for hydroxylation is 3. The summed E-state index contributed by atoms with van der Waals surface area (Å²) in [5.74, 6) is 0.428. The van der Waals surface area contributed by atoms with E-state index in [9.17, 15) is 9.59 Å². The van der Waals surface area contributed by atoms with Crippen LogP contribution in [0.5, 0.6) is 0 Å². The number of carbonyl (C=O) groups excluding carboxylic acids is 2. The quantitative estimate of drug-likeness (QED) is 0.378. The number of carbonyl (C=O) groups is 2. The van der Waals surface area contributed by atoms with E-state index in [1.54, 1.807) is 12.3 Å². The molecule has 11 heteroatoms. The Bertz CT molecular complexity index is 1450. The highest BCUT2D eigenvalue weighted by molar-refractivity contribution is 6.06. The van der Waals surface area contributed by atoms with Crippen molar-refractivity contribution in [1.82, 2.24) is 19.5 Å². The van der Waals surface area contributed by atoms with E-state index in [1.165, 1.54) is 13.4 Å². The van der Waals surface area contributed by atoms with Crippen molar-refractivity contribution < 1.29 is 23.5 Å². The molecule has 37 heavy (non-hydrogen) atoms. The zero-order valence-corrected chi connectivity index (χ0v) is 21.0. The maximum atomic E-state index is 13.2. The Morgan fingerprint density at radius 3 is 2.73 bits per heavy atom. The van der Waals surface area contributed by atoms with Gasteiger partial charge in [-0.3, -0.25) is 14.6 Å². The second kappa shape index (κ2) is 10.4. The Kier molecular flexibility index (Phi) is 6.87. The number of morpholine rings is 1. The maximum absolute atomic E-state index is 13.2. The highest BCUT2D eigenvalue weighted by Crippen LogP contribution is 2.33. The first-order valence-corrected chi connectivity index (χ1v) is 12.0. The van der Waals surface area contributed by atoms with E-state index in [-0.39, 0.29) is 24.0 Å². The third-order valence-corrected chi connectivity index (χ3v) is 6.35. The van der Waals surface area contributed by atoms with Crippen molar-refractivity contribution >= 4 is 34.3 Å². The number of ether oxygens (including phenoxy) is 2. The fourth-order valence-corrected chi connectivity index (χ4v) is 4.36. The molecule has 4 heterocycles. The number of hydrogen-bond acceptors (Lipinski definition) is 9. The molecule has 1 fully saturated rings. The van der Waals surface area contributed by atoms with E-state index in [0.29, 0.717) is 44.3 Å². The van der Waals surface area contributed by atoms with Gasteiger partial charge in [0, 0.05) is 44.0 Å². The molecule has 1 aromatic carbocycles. The van der Waals surface area contributed by atoms with Gasteiger partial charge in [-0.2, -0.15) is 0 Å². The number of fused-ring (bicyclic) bond motifs is 1. The average Bonchev–Trinajstić information content (AvgIpc) is 3.53. The number of oxazole rings is 1. The fraction of sp³-hybridized carbons (Fsp3) is 0.346. The van der Waals surface area contributed by atoms with E-state index >= 15 is 0 Å². The summed E-state index contributed by atoms with van der Waals surface area (Å²) in [7, 11) is 3.26. The van der Waals surface area contributed by atoms with Crippen LogP contribution in [-0.2, 0) is 27.7 Å². The van der Waals surface area contributed by atoms with Gasteiger partial charge in [0.1, 0.15) is 12.1 Å². The number of amides is 1. The number of benzene rings is 1. The molecule has 11 nitrogen and oxygen atoms in total. The Hall–Kier alpha value is -4.25. The number of methoxy groups -OCH3 is 1. The monoisotopic (exact) mass is 504 g/mol. The highest BCUT2D eigenvalue weighted by atomic mass is 16.5. The van der Waals surface area contributed by atoms with Crippen LogP contribution < -0.4 is 10.2 Å². The molecule has 192 valence electrons. The molecule has 0 radical (unpaired) electrons. The second-order valence-corrected chi connectivity index (χ2v) is 8.80. The zero-order valence-electron chi connectivity index (χ0n) is 21.0. The van der Waals surface area contributed by atoms with Crippen molar-refractivity contribution in [3.8, 4) is 11.5 Å². The minimum Gasteiger partial charge on any atom is -0.469 e. The first-order chi connectivity index (χ1) is 17.9. The van der Waals surface area contributed by atoms with Crippen LogP contribution in [0.2, 0.25) is 0 Å². The highest BCUT2D eigenvalue weighted by Gasteiger charge is 2.22. The average molecular weight is 505 g/mol. The third-order valence-electron chi connectivity index (χ3n) is 6.35. The third kappa shape index (κ3) is 5.17. The number of rotatable bonds is 7. The molecular weight excluding hydrogens is 476 g/mol. The summed E-state index contributed by atoms with van der Waals surface area (Å²) in [5, 5.41) is 3.02. The number of esters is 1. The number of nitrogens with one attached hydrogen (secondary N) is 1. The molecule has 0 bridgehead atoms. The van der Waals surface area contributed by atoms with Crippen molar-refractivity contribution in [3.05, 3.63) is 53.9 Å². The van der Waals surface area contributed by atoms with Gasteiger partial charge in [-0.15, -0.1) is 0 Å². The number of anilines is 2. The second-order valence-electron chi connectivity index (χ2n) is 8.80. The van der Waals surface area contributed by atoms with E-state index in [2.05, 4.69) is 20.2 Å². The number of nitrogens with zero attached hydrogens (tertiary/aromatic N) is 5. The van der Waals surface area contributed by atoms with Gasteiger partial charge in [-0.05, 0) is 31.2 Å². The van der Waals surface area contributed by atoms with Crippen LogP contribution in [0.15, 0.2) is 41.1 Å². The number of imidazole rings is 1. The van der Waals surface area contributed by atoms with Gasteiger partial charge in [0.05, 0.1) is 49.2 Å². The molecule has 0 unspecified atom stereocenters. The molecule has 1 amide bonds. The fourth-order valence-electron chi connectivity index (χ4n) is 4.36. The molecule has 1 N–H and O–H groups in total. The van der Waals surface area contributed by atoms with E-state index < -0.39 is 0 Å². The zero-order chi connectivity index (χ0) is 25.9. The van der Waals surface area contributed by atoms with Gasteiger partial charge < -0.3 is 28.7 Å². The summed E-state index contributed by atoms with van der Waals surface area (Å²) in [6.07, 6.45) is 3.70. The number of hydrogen-bond donors (Lipinski definition) is 1. The summed E-state index contributed by atoms with van der Waals surface area (Å²) in [5.41, 5.74) is 4.82. The first-order valence-electron chi connectivity index (χ1n) is 12.0. The van der Waals surface area contributed by atoms with Gasteiger partial charge in [0.15, 0.2) is 5.69 Å². The summed E-state index contributed by atoms with van der Waals surface area (Å²) < 4.78 is 17.8. The van der Waals surface area contributed by atoms with Crippen LogP contribution in [0.4, 0.5) is 11.4 Å². The lowest BCUT2D eigenvalue weighted by atomic mass is 10.2. The summed E-state index contributed by atoms with van der Waals surface area (Å²) in [6.45, 7) is 4.44. The minimum absolute atomic E-state index is 0.168. The van der Waals surface area contributed by atoms with Crippen LogP contribution in [0.25, 0.3) is 22.5 Å².